The SMILES string of the molecule is O=C(O)CS(=O)(=O)CC(=O)Nc1ccc(Cl)cc1. The number of hydrogen-bond donors (Lipinski definition) is 2. The van der Waals surface area contributed by atoms with Crippen LogP contribution in [0.3, 0.4) is 0 Å². The second kappa shape index (κ2) is 5.83. The number of benzene rings is 1. The summed E-state index contributed by atoms with van der Waals surface area (Å²) in [6.07, 6.45) is 0. The zero-order chi connectivity index (χ0) is 13.8. The zero-order valence-electron chi connectivity index (χ0n) is 9.09. The predicted octanol–water partition coefficient (Wildman–Crippen LogP) is 0.778. The van der Waals surface area contributed by atoms with Crippen LogP contribution in [0.4, 0.5) is 5.69 Å². The van der Waals surface area contributed by atoms with Gasteiger partial charge in [-0.25, -0.2) is 8.42 Å². The Morgan fingerprint density at radius 1 is 1.17 bits per heavy atom. The number of hydrogen-bond acceptors (Lipinski definition) is 4. The van der Waals surface area contributed by atoms with Crippen LogP contribution >= 0.6 is 11.6 Å². The lowest BCUT2D eigenvalue weighted by atomic mass is 10.3. The van der Waals surface area contributed by atoms with Gasteiger partial charge in [0, 0.05) is 10.7 Å². The number of carboxylic acids is 1. The molecule has 1 amide bonds. The molecule has 0 aliphatic rings. The molecule has 0 aliphatic heterocycles. The van der Waals surface area contributed by atoms with Crippen molar-refractivity contribution in [2.24, 2.45) is 0 Å². The van der Waals surface area contributed by atoms with Crippen molar-refractivity contribution in [1.82, 2.24) is 0 Å². The summed E-state index contributed by atoms with van der Waals surface area (Å²) in [6, 6.07) is 6.07. The molecule has 18 heavy (non-hydrogen) atoms. The van der Waals surface area contributed by atoms with Gasteiger partial charge in [0.15, 0.2) is 9.84 Å². The molecule has 0 fully saturated rings. The van der Waals surface area contributed by atoms with Crippen LogP contribution in [0.2, 0.25) is 5.02 Å². The molecular formula is C10H10ClNO5S. The molecule has 1 aromatic rings. The molecule has 0 radical (unpaired) electrons. The fourth-order valence-electron chi connectivity index (χ4n) is 1.17. The number of anilines is 1. The highest BCUT2D eigenvalue weighted by Gasteiger charge is 2.20. The van der Waals surface area contributed by atoms with E-state index in [4.69, 9.17) is 16.7 Å². The number of carbonyl (C=O) groups is 2. The van der Waals surface area contributed by atoms with Crippen LogP contribution < -0.4 is 5.32 Å². The molecule has 0 heterocycles. The van der Waals surface area contributed by atoms with E-state index in [9.17, 15) is 18.0 Å². The molecule has 1 rings (SSSR count). The summed E-state index contributed by atoms with van der Waals surface area (Å²) in [4.78, 5) is 21.6. The highest BCUT2D eigenvalue weighted by atomic mass is 35.5. The van der Waals surface area contributed by atoms with Gasteiger partial charge < -0.3 is 10.4 Å². The van der Waals surface area contributed by atoms with Gasteiger partial charge in [-0.2, -0.15) is 0 Å². The van der Waals surface area contributed by atoms with E-state index in [0.29, 0.717) is 10.7 Å². The van der Waals surface area contributed by atoms with Crippen LogP contribution in [0.25, 0.3) is 0 Å². The van der Waals surface area contributed by atoms with Crippen molar-refractivity contribution >= 4 is 39.0 Å². The van der Waals surface area contributed by atoms with Gasteiger partial charge in [-0.15, -0.1) is 0 Å². The van der Waals surface area contributed by atoms with Crippen molar-refractivity contribution in [3.63, 3.8) is 0 Å². The second-order valence-electron chi connectivity index (χ2n) is 3.48. The molecule has 0 aliphatic carbocycles. The number of carbonyl (C=O) groups excluding carboxylic acids is 1. The Morgan fingerprint density at radius 3 is 2.22 bits per heavy atom. The summed E-state index contributed by atoms with van der Waals surface area (Å²) in [7, 11) is -3.95. The number of aliphatic carboxylic acids is 1. The van der Waals surface area contributed by atoms with E-state index >= 15 is 0 Å². The van der Waals surface area contributed by atoms with E-state index in [1.165, 1.54) is 24.3 Å². The number of nitrogens with one attached hydrogen (secondary N) is 1. The topological polar surface area (TPSA) is 101 Å². The maximum Gasteiger partial charge on any atom is 0.318 e. The standard InChI is InChI=1S/C10H10ClNO5S/c11-7-1-3-8(4-2-7)12-9(13)5-18(16,17)6-10(14)15/h1-4H,5-6H2,(H,12,13)(H,14,15). The second-order valence-corrected chi connectivity index (χ2v) is 5.98. The van der Waals surface area contributed by atoms with Gasteiger partial charge in [-0.3, -0.25) is 9.59 Å². The summed E-state index contributed by atoms with van der Waals surface area (Å²) < 4.78 is 22.5. The van der Waals surface area contributed by atoms with Crippen molar-refractivity contribution in [3.8, 4) is 0 Å². The Hall–Kier alpha value is -1.60. The van der Waals surface area contributed by atoms with Gasteiger partial charge in [0.05, 0.1) is 0 Å². The Kier molecular flexibility index (Phi) is 4.69. The Morgan fingerprint density at radius 2 is 1.72 bits per heavy atom. The van der Waals surface area contributed by atoms with Crippen LogP contribution in [0, 0.1) is 0 Å². The molecule has 8 heteroatoms. The molecular weight excluding hydrogens is 282 g/mol. The molecule has 98 valence electrons. The quantitative estimate of drug-likeness (QED) is 0.835. The first-order chi connectivity index (χ1) is 8.28. The fourth-order valence-corrected chi connectivity index (χ4v) is 2.25. The van der Waals surface area contributed by atoms with Crippen molar-refractivity contribution in [1.29, 1.82) is 0 Å². The average Bonchev–Trinajstić information content (AvgIpc) is 2.18. The van der Waals surface area contributed by atoms with Crippen molar-refractivity contribution in [3.05, 3.63) is 29.3 Å². The van der Waals surface area contributed by atoms with Crippen molar-refractivity contribution < 1.29 is 23.1 Å². The van der Waals surface area contributed by atoms with Crippen LogP contribution in [0.5, 0.6) is 0 Å². The van der Waals surface area contributed by atoms with Gasteiger partial charge >= 0.3 is 5.97 Å². The lowest BCUT2D eigenvalue weighted by molar-refractivity contribution is -0.134. The van der Waals surface area contributed by atoms with E-state index in [1.54, 1.807) is 0 Å². The molecule has 0 aromatic heterocycles. The van der Waals surface area contributed by atoms with E-state index < -0.39 is 33.2 Å². The summed E-state index contributed by atoms with van der Waals surface area (Å²) in [5, 5.41) is 11.2. The molecule has 0 unspecified atom stereocenters. The largest absolute Gasteiger partial charge is 0.480 e. The third kappa shape index (κ3) is 5.15. The smallest absolute Gasteiger partial charge is 0.318 e. The first kappa shape index (κ1) is 14.5. The lowest BCUT2D eigenvalue weighted by Gasteiger charge is -2.05. The van der Waals surface area contributed by atoms with Crippen LogP contribution in [-0.2, 0) is 19.4 Å². The minimum absolute atomic E-state index is 0.384. The van der Waals surface area contributed by atoms with E-state index in [0.717, 1.165) is 0 Å². The van der Waals surface area contributed by atoms with Gasteiger partial charge in [-0.1, -0.05) is 11.6 Å². The molecule has 0 atom stereocenters. The fraction of sp³-hybridized carbons (Fsp3) is 0.200. The normalized spacial score (nSPS) is 10.9. The van der Waals surface area contributed by atoms with Crippen LogP contribution in [-0.4, -0.2) is 36.9 Å². The third-order valence-corrected chi connectivity index (χ3v) is 3.46. The molecule has 0 saturated carbocycles. The number of amides is 1. The van der Waals surface area contributed by atoms with Crippen molar-refractivity contribution in [2.75, 3.05) is 16.8 Å². The molecule has 2 N–H and O–H groups in total. The molecule has 0 saturated heterocycles. The summed E-state index contributed by atoms with van der Waals surface area (Å²) >= 11 is 5.64. The highest BCUT2D eigenvalue weighted by Crippen LogP contribution is 2.13. The van der Waals surface area contributed by atoms with Crippen LogP contribution in [0.1, 0.15) is 0 Å². The average molecular weight is 292 g/mol. The predicted molar refractivity (Wildman–Crippen MR) is 66.4 cm³/mol. The molecule has 6 nitrogen and oxygen atoms in total. The monoisotopic (exact) mass is 291 g/mol. The minimum Gasteiger partial charge on any atom is -0.480 e. The Balaban J connectivity index is 2.62. The summed E-state index contributed by atoms with van der Waals surface area (Å²) in [5.41, 5.74) is 0.384. The maximum atomic E-state index is 11.4. The maximum absolute atomic E-state index is 11.4. The number of rotatable bonds is 5. The summed E-state index contributed by atoms with van der Waals surface area (Å²) in [6.45, 7) is 0. The number of halogens is 1. The van der Waals surface area contributed by atoms with Gasteiger partial charge in [-0.05, 0) is 24.3 Å². The van der Waals surface area contributed by atoms with E-state index in [2.05, 4.69) is 5.32 Å². The van der Waals surface area contributed by atoms with E-state index in [1.807, 2.05) is 0 Å². The molecule has 0 spiro atoms. The minimum atomic E-state index is -3.95. The van der Waals surface area contributed by atoms with Gasteiger partial charge in [0.25, 0.3) is 0 Å². The lowest BCUT2D eigenvalue weighted by Crippen LogP contribution is -2.27. The Labute approximate surface area is 108 Å². The van der Waals surface area contributed by atoms with Gasteiger partial charge in [0.2, 0.25) is 5.91 Å². The first-order valence-electron chi connectivity index (χ1n) is 4.76. The molecule has 0 bridgehead atoms. The zero-order valence-corrected chi connectivity index (χ0v) is 10.7. The number of sulfone groups is 1. The summed E-state index contributed by atoms with van der Waals surface area (Å²) in [5.74, 6) is -4.23. The Bertz CT molecular complexity index is 552. The third-order valence-electron chi connectivity index (χ3n) is 1.82. The van der Waals surface area contributed by atoms with Crippen LogP contribution in [0.15, 0.2) is 24.3 Å². The first-order valence-corrected chi connectivity index (χ1v) is 6.96. The van der Waals surface area contributed by atoms with E-state index in [-0.39, 0.29) is 0 Å². The molecule has 1 aromatic carbocycles. The highest BCUT2D eigenvalue weighted by molar-refractivity contribution is 7.92. The van der Waals surface area contributed by atoms with Gasteiger partial charge in [0.1, 0.15) is 11.5 Å². The number of carboxylic acid groups (broad SMARTS) is 1. The van der Waals surface area contributed by atoms with Crippen molar-refractivity contribution in [2.45, 2.75) is 0 Å².